The van der Waals surface area contributed by atoms with Crippen LogP contribution in [0.4, 0.5) is 0 Å². The number of rotatable bonds is 1. The van der Waals surface area contributed by atoms with Gasteiger partial charge in [0.15, 0.2) is 0 Å². The molecule has 2 N–H and O–H groups in total. The van der Waals surface area contributed by atoms with Gasteiger partial charge in [0.1, 0.15) is 0 Å². The van der Waals surface area contributed by atoms with Gasteiger partial charge in [-0.25, -0.2) is 0 Å². The highest BCUT2D eigenvalue weighted by Crippen LogP contribution is 2.22. The second-order valence-electron chi connectivity index (χ2n) is 5.81. The van der Waals surface area contributed by atoms with Crippen LogP contribution < -0.4 is 5.32 Å². The lowest BCUT2D eigenvalue weighted by Crippen LogP contribution is -2.50. The molecule has 17 heavy (non-hydrogen) atoms. The fraction of sp³-hybridized carbons (Fsp3) is 0.923. The van der Waals surface area contributed by atoms with Crippen molar-refractivity contribution in [3.05, 3.63) is 0 Å². The van der Waals surface area contributed by atoms with Crippen molar-refractivity contribution in [2.45, 2.75) is 32.8 Å². The van der Waals surface area contributed by atoms with E-state index >= 15 is 0 Å². The number of amides is 1. The van der Waals surface area contributed by atoms with Gasteiger partial charge in [0.05, 0.1) is 12.0 Å². The topological polar surface area (TPSA) is 52.6 Å². The van der Waals surface area contributed by atoms with Gasteiger partial charge in [-0.3, -0.25) is 4.79 Å². The average molecular weight is 240 g/mol. The number of nitrogens with one attached hydrogen (secondary N) is 1. The predicted octanol–water partition coefficient (Wildman–Crippen LogP) is 0.461. The first-order valence-electron chi connectivity index (χ1n) is 6.75. The summed E-state index contributed by atoms with van der Waals surface area (Å²) in [7, 11) is 0. The fourth-order valence-corrected chi connectivity index (χ4v) is 2.94. The summed E-state index contributed by atoms with van der Waals surface area (Å²) in [5.74, 6) is 1.22. The van der Waals surface area contributed by atoms with Gasteiger partial charge < -0.3 is 15.3 Å². The SMILES string of the molecule is CC1CNCC(C(=O)N2CCC(O)C(C)C2)C1. The van der Waals surface area contributed by atoms with Crippen LogP contribution >= 0.6 is 0 Å². The fourth-order valence-electron chi connectivity index (χ4n) is 2.94. The number of carbonyl (C=O) groups excluding carboxylic acids is 1. The summed E-state index contributed by atoms with van der Waals surface area (Å²) < 4.78 is 0. The molecule has 2 rings (SSSR count). The Morgan fingerprint density at radius 1 is 1.35 bits per heavy atom. The van der Waals surface area contributed by atoms with Crippen molar-refractivity contribution in [2.75, 3.05) is 26.2 Å². The Kier molecular flexibility index (Phi) is 4.05. The third kappa shape index (κ3) is 2.99. The zero-order valence-corrected chi connectivity index (χ0v) is 10.9. The van der Waals surface area contributed by atoms with Crippen LogP contribution in [0.3, 0.4) is 0 Å². The summed E-state index contributed by atoms with van der Waals surface area (Å²) >= 11 is 0. The lowest BCUT2D eigenvalue weighted by Gasteiger charge is -2.38. The van der Waals surface area contributed by atoms with Crippen molar-refractivity contribution in [1.29, 1.82) is 0 Å². The molecule has 0 spiro atoms. The highest BCUT2D eigenvalue weighted by atomic mass is 16.3. The van der Waals surface area contributed by atoms with Gasteiger partial charge in [-0.2, -0.15) is 0 Å². The van der Waals surface area contributed by atoms with Crippen LogP contribution in [-0.4, -0.2) is 48.2 Å². The lowest BCUT2D eigenvalue weighted by molar-refractivity contribution is -0.140. The Balaban J connectivity index is 1.91. The van der Waals surface area contributed by atoms with Crippen molar-refractivity contribution in [2.24, 2.45) is 17.8 Å². The zero-order valence-electron chi connectivity index (χ0n) is 10.9. The number of carbonyl (C=O) groups is 1. The van der Waals surface area contributed by atoms with Gasteiger partial charge in [-0.1, -0.05) is 13.8 Å². The second kappa shape index (κ2) is 5.36. The minimum absolute atomic E-state index is 0.140. The van der Waals surface area contributed by atoms with Crippen molar-refractivity contribution < 1.29 is 9.90 Å². The maximum Gasteiger partial charge on any atom is 0.226 e. The molecule has 4 unspecified atom stereocenters. The van der Waals surface area contributed by atoms with Crippen LogP contribution in [0, 0.1) is 17.8 Å². The number of aliphatic hydroxyl groups excluding tert-OH is 1. The number of likely N-dealkylation sites (tertiary alicyclic amines) is 1. The van der Waals surface area contributed by atoms with Crippen LogP contribution in [0.1, 0.15) is 26.7 Å². The van der Waals surface area contributed by atoms with Crippen molar-refractivity contribution in [3.8, 4) is 0 Å². The molecule has 2 heterocycles. The van der Waals surface area contributed by atoms with Crippen LogP contribution in [0.25, 0.3) is 0 Å². The monoisotopic (exact) mass is 240 g/mol. The van der Waals surface area contributed by atoms with E-state index in [-0.39, 0.29) is 23.8 Å². The largest absolute Gasteiger partial charge is 0.393 e. The van der Waals surface area contributed by atoms with E-state index in [1.807, 2.05) is 11.8 Å². The molecule has 2 aliphatic heterocycles. The van der Waals surface area contributed by atoms with Crippen molar-refractivity contribution in [3.63, 3.8) is 0 Å². The van der Waals surface area contributed by atoms with Gasteiger partial charge in [-0.05, 0) is 31.2 Å². The highest BCUT2D eigenvalue weighted by molar-refractivity contribution is 5.79. The van der Waals surface area contributed by atoms with Gasteiger partial charge >= 0.3 is 0 Å². The number of hydrogen-bond acceptors (Lipinski definition) is 3. The summed E-state index contributed by atoms with van der Waals surface area (Å²) in [6.45, 7) is 7.48. The van der Waals surface area contributed by atoms with Crippen molar-refractivity contribution >= 4 is 5.91 Å². The molecule has 0 radical (unpaired) electrons. The standard InChI is InChI=1S/C13H24N2O2/c1-9-5-11(7-14-6-9)13(17)15-4-3-12(16)10(2)8-15/h9-12,14,16H,3-8H2,1-2H3. The first-order valence-corrected chi connectivity index (χ1v) is 6.75. The Morgan fingerprint density at radius 2 is 2.12 bits per heavy atom. The van der Waals surface area contributed by atoms with Crippen LogP contribution in [0.15, 0.2) is 0 Å². The van der Waals surface area contributed by atoms with Crippen LogP contribution in [0.2, 0.25) is 0 Å². The molecule has 1 amide bonds. The smallest absolute Gasteiger partial charge is 0.226 e. The zero-order chi connectivity index (χ0) is 12.4. The summed E-state index contributed by atoms with van der Waals surface area (Å²) in [6.07, 6.45) is 1.49. The van der Waals surface area contributed by atoms with E-state index in [2.05, 4.69) is 12.2 Å². The average Bonchev–Trinajstić information content (AvgIpc) is 2.32. The minimum atomic E-state index is -0.234. The number of hydrogen-bond donors (Lipinski definition) is 2. The molecule has 4 nitrogen and oxygen atoms in total. The van der Waals surface area contributed by atoms with E-state index in [1.165, 1.54) is 0 Å². The third-order valence-corrected chi connectivity index (χ3v) is 4.09. The first kappa shape index (κ1) is 12.8. The van der Waals surface area contributed by atoms with Gasteiger partial charge in [0.2, 0.25) is 5.91 Å². The van der Waals surface area contributed by atoms with E-state index in [4.69, 9.17) is 0 Å². The molecular weight excluding hydrogens is 216 g/mol. The molecule has 0 aliphatic carbocycles. The lowest BCUT2D eigenvalue weighted by atomic mass is 9.89. The summed E-state index contributed by atoms with van der Waals surface area (Å²) in [4.78, 5) is 14.3. The van der Waals surface area contributed by atoms with E-state index < -0.39 is 0 Å². The van der Waals surface area contributed by atoms with Crippen LogP contribution in [-0.2, 0) is 4.79 Å². The van der Waals surface area contributed by atoms with E-state index in [0.717, 1.165) is 32.5 Å². The molecule has 2 aliphatic rings. The maximum absolute atomic E-state index is 12.4. The van der Waals surface area contributed by atoms with E-state index in [1.54, 1.807) is 0 Å². The normalized spacial score (nSPS) is 39.1. The Hall–Kier alpha value is -0.610. The molecule has 0 aromatic heterocycles. The predicted molar refractivity (Wildman–Crippen MR) is 66.5 cm³/mol. The quantitative estimate of drug-likeness (QED) is 0.700. The summed E-state index contributed by atoms with van der Waals surface area (Å²) in [5, 5.41) is 13.0. The highest BCUT2D eigenvalue weighted by Gasteiger charge is 2.32. The molecule has 0 aromatic rings. The van der Waals surface area contributed by atoms with E-state index in [0.29, 0.717) is 12.5 Å². The number of aliphatic hydroxyl groups is 1. The van der Waals surface area contributed by atoms with Gasteiger partial charge in [0, 0.05) is 19.6 Å². The Morgan fingerprint density at radius 3 is 2.76 bits per heavy atom. The molecule has 4 atom stereocenters. The molecule has 4 heteroatoms. The molecule has 98 valence electrons. The Bertz CT molecular complexity index is 283. The van der Waals surface area contributed by atoms with E-state index in [9.17, 15) is 9.90 Å². The summed E-state index contributed by atoms with van der Waals surface area (Å²) in [5.41, 5.74) is 0. The first-order chi connectivity index (χ1) is 8.08. The summed E-state index contributed by atoms with van der Waals surface area (Å²) in [6, 6.07) is 0. The van der Waals surface area contributed by atoms with Gasteiger partial charge in [-0.15, -0.1) is 0 Å². The molecule has 0 bridgehead atoms. The molecule has 0 saturated carbocycles. The molecular formula is C13H24N2O2. The Labute approximate surface area is 103 Å². The third-order valence-electron chi connectivity index (χ3n) is 4.09. The molecule has 2 fully saturated rings. The van der Waals surface area contributed by atoms with Gasteiger partial charge in [0.25, 0.3) is 0 Å². The van der Waals surface area contributed by atoms with Crippen molar-refractivity contribution in [1.82, 2.24) is 10.2 Å². The maximum atomic E-state index is 12.4. The minimum Gasteiger partial charge on any atom is -0.393 e. The van der Waals surface area contributed by atoms with Crippen LogP contribution in [0.5, 0.6) is 0 Å². The second-order valence-corrected chi connectivity index (χ2v) is 5.81. The number of nitrogens with zero attached hydrogens (tertiary/aromatic N) is 1. The molecule has 2 saturated heterocycles. The number of piperidine rings is 2. The molecule has 0 aromatic carbocycles.